The zero-order valence-electron chi connectivity index (χ0n) is 17.1. The monoisotopic (exact) mass is 410 g/mol. The highest BCUT2D eigenvalue weighted by Gasteiger charge is 2.27. The number of hydrogen-bond acceptors (Lipinski definition) is 6. The minimum absolute atomic E-state index is 0.0930. The molecule has 2 saturated heterocycles. The van der Waals surface area contributed by atoms with Gasteiger partial charge in [-0.05, 0) is 45.2 Å². The first-order valence-corrected chi connectivity index (χ1v) is 12.7. The van der Waals surface area contributed by atoms with Crippen LogP contribution >= 0.6 is 0 Å². The molecule has 4 rings (SSSR count). The third-order valence-electron chi connectivity index (χ3n) is 6.49. The molecule has 158 valence electrons. The van der Waals surface area contributed by atoms with Crippen LogP contribution in [0.1, 0.15) is 50.6 Å². The van der Waals surface area contributed by atoms with E-state index in [1.807, 2.05) is 4.57 Å². The third-order valence-corrected chi connectivity index (χ3v) is 7.48. The average Bonchev–Trinajstić information content (AvgIpc) is 3.38. The molecule has 1 aromatic heterocycles. The molecule has 7 nitrogen and oxygen atoms in total. The van der Waals surface area contributed by atoms with Crippen molar-refractivity contribution in [1.82, 2.24) is 19.4 Å². The highest BCUT2D eigenvalue weighted by molar-refractivity contribution is 7.90. The van der Waals surface area contributed by atoms with Crippen molar-refractivity contribution in [3.8, 4) is 0 Å². The van der Waals surface area contributed by atoms with Gasteiger partial charge in [-0.25, -0.2) is 13.4 Å². The predicted octanol–water partition coefficient (Wildman–Crippen LogP) is 1.92. The lowest BCUT2D eigenvalue weighted by Gasteiger charge is -2.27. The topological polar surface area (TPSA) is 67.7 Å². The molecule has 1 aliphatic carbocycles. The maximum absolute atomic E-state index is 12.2. The van der Waals surface area contributed by atoms with Crippen LogP contribution in [0.5, 0.6) is 0 Å². The highest BCUT2D eigenvalue weighted by Crippen LogP contribution is 2.25. The van der Waals surface area contributed by atoms with E-state index < -0.39 is 9.84 Å². The fraction of sp³-hybridized carbons (Fsp3) is 0.850. The maximum Gasteiger partial charge on any atom is 0.227 e. The summed E-state index contributed by atoms with van der Waals surface area (Å²) in [4.78, 5) is 9.42. The van der Waals surface area contributed by atoms with Crippen molar-refractivity contribution in [2.24, 2.45) is 0 Å². The van der Waals surface area contributed by atoms with Crippen LogP contribution < -0.4 is 0 Å². The van der Waals surface area contributed by atoms with E-state index in [0.29, 0.717) is 6.54 Å². The van der Waals surface area contributed by atoms with Gasteiger partial charge >= 0.3 is 0 Å². The summed E-state index contributed by atoms with van der Waals surface area (Å²) in [5.41, 5.74) is 0.991. The third kappa shape index (κ3) is 4.78. The van der Waals surface area contributed by atoms with Gasteiger partial charge in [0, 0.05) is 38.5 Å². The second kappa shape index (κ2) is 8.81. The number of sulfone groups is 1. The van der Waals surface area contributed by atoms with E-state index in [-0.39, 0.29) is 11.3 Å². The van der Waals surface area contributed by atoms with Gasteiger partial charge in [0.2, 0.25) is 15.0 Å². The maximum atomic E-state index is 12.2. The van der Waals surface area contributed by atoms with Gasteiger partial charge < -0.3 is 9.30 Å². The largest absolute Gasteiger partial charge is 0.376 e. The molecule has 1 saturated carbocycles. The lowest BCUT2D eigenvalue weighted by molar-refractivity contribution is 0.0932. The Morgan fingerprint density at radius 3 is 2.61 bits per heavy atom. The number of rotatable bonds is 6. The van der Waals surface area contributed by atoms with E-state index in [1.165, 1.54) is 44.9 Å². The standard InChI is InChI=1S/C20H34N4O3S/c1-28(25,26)20-21-14-18(24(20)16-19-8-4-13-27-19)15-22-9-5-10-23(12-11-22)17-6-2-3-7-17/h14,17,19H,2-13,15-16H2,1H3. The zero-order chi connectivity index (χ0) is 19.6. The van der Waals surface area contributed by atoms with Crippen LogP contribution in [-0.2, 0) is 27.7 Å². The SMILES string of the molecule is CS(=O)(=O)c1ncc(CN2CCCN(C3CCCC3)CC2)n1CC1CCCO1. The summed E-state index contributed by atoms with van der Waals surface area (Å²) < 4.78 is 32.1. The number of aromatic nitrogens is 2. The number of nitrogens with zero attached hydrogens (tertiary/aromatic N) is 4. The molecule has 0 spiro atoms. The zero-order valence-corrected chi connectivity index (χ0v) is 17.9. The fourth-order valence-corrected chi connectivity index (χ4v) is 5.85. The fourth-order valence-electron chi connectivity index (χ4n) is 5.01. The molecule has 28 heavy (non-hydrogen) atoms. The minimum atomic E-state index is -3.35. The Kier molecular flexibility index (Phi) is 6.40. The number of hydrogen-bond donors (Lipinski definition) is 0. The second-order valence-corrected chi connectivity index (χ2v) is 10.6. The Hall–Kier alpha value is -0.960. The number of imidazole rings is 1. The summed E-state index contributed by atoms with van der Waals surface area (Å²) in [5, 5.41) is 0.181. The first-order valence-electron chi connectivity index (χ1n) is 10.8. The molecule has 8 heteroatoms. The Morgan fingerprint density at radius 1 is 1.07 bits per heavy atom. The van der Waals surface area contributed by atoms with Gasteiger partial charge in [-0.1, -0.05) is 12.8 Å². The Balaban J connectivity index is 1.45. The van der Waals surface area contributed by atoms with Crippen LogP contribution in [0.3, 0.4) is 0 Å². The molecule has 0 radical (unpaired) electrons. The summed E-state index contributed by atoms with van der Waals surface area (Å²) in [5.74, 6) is 0. The van der Waals surface area contributed by atoms with E-state index in [4.69, 9.17) is 4.74 Å². The van der Waals surface area contributed by atoms with Crippen molar-refractivity contribution in [1.29, 1.82) is 0 Å². The molecule has 0 bridgehead atoms. The number of ether oxygens (including phenoxy) is 1. The van der Waals surface area contributed by atoms with Gasteiger partial charge in [-0.2, -0.15) is 0 Å². The summed E-state index contributed by atoms with van der Waals surface area (Å²) in [7, 11) is -3.35. The minimum Gasteiger partial charge on any atom is -0.376 e. The molecule has 0 aromatic carbocycles. The average molecular weight is 411 g/mol. The first kappa shape index (κ1) is 20.3. The van der Waals surface area contributed by atoms with Crippen LogP contribution in [0.2, 0.25) is 0 Å². The van der Waals surface area contributed by atoms with Crippen molar-refractivity contribution < 1.29 is 13.2 Å². The van der Waals surface area contributed by atoms with Crippen molar-refractivity contribution >= 4 is 9.84 Å². The van der Waals surface area contributed by atoms with Crippen LogP contribution in [0.25, 0.3) is 0 Å². The molecule has 0 N–H and O–H groups in total. The molecular weight excluding hydrogens is 376 g/mol. The summed E-state index contributed by atoms with van der Waals surface area (Å²) in [6.07, 6.45) is 11.8. The van der Waals surface area contributed by atoms with Gasteiger partial charge in [-0.3, -0.25) is 9.80 Å². The predicted molar refractivity (Wildman–Crippen MR) is 108 cm³/mol. The van der Waals surface area contributed by atoms with Gasteiger partial charge in [0.25, 0.3) is 0 Å². The van der Waals surface area contributed by atoms with Gasteiger partial charge in [0.05, 0.1) is 24.5 Å². The lowest BCUT2D eigenvalue weighted by atomic mass is 10.2. The Labute approximate surface area is 169 Å². The lowest BCUT2D eigenvalue weighted by Crippen LogP contribution is -2.37. The molecular formula is C20H34N4O3S. The molecule has 1 aromatic rings. The van der Waals surface area contributed by atoms with Crippen LogP contribution in [0.4, 0.5) is 0 Å². The molecule has 0 amide bonds. The normalized spacial score (nSPS) is 26.1. The molecule has 3 heterocycles. The summed E-state index contributed by atoms with van der Waals surface area (Å²) in [6.45, 7) is 6.51. The molecule has 2 aliphatic heterocycles. The van der Waals surface area contributed by atoms with Gasteiger partial charge in [0.1, 0.15) is 0 Å². The molecule has 1 unspecified atom stereocenters. The highest BCUT2D eigenvalue weighted by atomic mass is 32.2. The molecule has 1 atom stereocenters. The van der Waals surface area contributed by atoms with Gasteiger partial charge in [0.15, 0.2) is 0 Å². The molecule has 3 fully saturated rings. The second-order valence-electron chi connectivity index (χ2n) is 8.65. The Morgan fingerprint density at radius 2 is 1.89 bits per heavy atom. The summed E-state index contributed by atoms with van der Waals surface area (Å²) in [6, 6.07) is 0.779. The van der Waals surface area contributed by atoms with E-state index in [1.54, 1.807) is 6.20 Å². The smallest absolute Gasteiger partial charge is 0.227 e. The van der Waals surface area contributed by atoms with Crippen LogP contribution in [-0.4, -0.2) is 79.0 Å². The van der Waals surface area contributed by atoms with Crippen molar-refractivity contribution in [2.45, 2.75) is 75.3 Å². The van der Waals surface area contributed by atoms with Crippen molar-refractivity contribution in [3.05, 3.63) is 11.9 Å². The van der Waals surface area contributed by atoms with E-state index in [0.717, 1.165) is 57.4 Å². The van der Waals surface area contributed by atoms with E-state index in [9.17, 15) is 8.42 Å². The van der Waals surface area contributed by atoms with Gasteiger partial charge in [-0.15, -0.1) is 0 Å². The van der Waals surface area contributed by atoms with Crippen molar-refractivity contribution in [2.75, 3.05) is 39.0 Å². The van der Waals surface area contributed by atoms with Crippen molar-refractivity contribution in [3.63, 3.8) is 0 Å². The first-order chi connectivity index (χ1) is 13.5. The van der Waals surface area contributed by atoms with Crippen LogP contribution in [0.15, 0.2) is 11.4 Å². The quantitative estimate of drug-likeness (QED) is 0.714. The van der Waals surface area contributed by atoms with E-state index in [2.05, 4.69) is 14.8 Å². The Bertz CT molecular complexity index is 752. The van der Waals surface area contributed by atoms with E-state index >= 15 is 0 Å². The van der Waals surface area contributed by atoms with Crippen LogP contribution in [0, 0.1) is 0 Å². The molecule has 3 aliphatic rings. The summed E-state index contributed by atoms with van der Waals surface area (Å²) >= 11 is 0.